The van der Waals surface area contributed by atoms with E-state index in [-0.39, 0.29) is 17.3 Å². The van der Waals surface area contributed by atoms with Crippen LogP contribution in [0.25, 0.3) is 0 Å². The summed E-state index contributed by atoms with van der Waals surface area (Å²) in [5, 5.41) is 15.1. The Bertz CT molecular complexity index is 434. The van der Waals surface area contributed by atoms with Crippen LogP contribution in [0.2, 0.25) is 0 Å². The van der Waals surface area contributed by atoms with Gasteiger partial charge in [-0.2, -0.15) is 0 Å². The predicted molar refractivity (Wildman–Crippen MR) is 69.5 cm³/mol. The summed E-state index contributed by atoms with van der Waals surface area (Å²) in [6.45, 7) is 9.39. The number of aromatic hydroxyl groups is 1. The number of carbonyl (C=O) groups is 1. The van der Waals surface area contributed by atoms with Crippen LogP contribution in [0.5, 0.6) is 5.75 Å². The molecule has 3 N–H and O–H groups in total. The van der Waals surface area contributed by atoms with Crippen LogP contribution in [0, 0.1) is 13.8 Å². The Kier molecular flexibility index (Phi) is 3.66. The number of phenolic OH excluding ortho intramolecular Hbond substituents is 1. The monoisotopic (exact) mass is 236 g/mol. The third-order valence-electron chi connectivity index (χ3n) is 2.28. The molecule has 1 rings (SSSR count). The summed E-state index contributed by atoms with van der Waals surface area (Å²) in [7, 11) is 0. The highest BCUT2D eigenvalue weighted by atomic mass is 16.3. The van der Waals surface area contributed by atoms with Gasteiger partial charge in [-0.25, -0.2) is 4.79 Å². The molecule has 17 heavy (non-hydrogen) atoms. The van der Waals surface area contributed by atoms with Crippen LogP contribution in [0.4, 0.5) is 10.5 Å². The Balaban J connectivity index is 2.82. The summed E-state index contributed by atoms with van der Waals surface area (Å²) in [5.41, 5.74) is 2.00. The van der Waals surface area contributed by atoms with E-state index >= 15 is 0 Å². The highest BCUT2D eigenvalue weighted by molar-refractivity contribution is 5.90. The fourth-order valence-electron chi connectivity index (χ4n) is 1.43. The molecule has 0 aliphatic heterocycles. The van der Waals surface area contributed by atoms with E-state index in [1.165, 1.54) is 0 Å². The summed E-state index contributed by atoms with van der Waals surface area (Å²) < 4.78 is 0. The SMILES string of the molecule is Cc1cc(NC(=O)NC(C)(C)C)c(C)cc1O. The number of rotatable bonds is 1. The van der Waals surface area contributed by atoms with Gasteiger partial charge in [0.05, 0.1) is 0 Å². The van der Waals surface area contributed by atoms with Crippen LogP contribution in [-0.2, 0) is 0 Å². The first-order valence-corrected chi connectivity index (χ1v) is 5.58. The zero-order valence-corrected chi connectivity index (χ0v) is 11.0. The van der Waals surface area contributed by atoms with Gasteiger partial charge in [-0.1, -0.05) is 0 Å². The number of hydrogen-bond donors (Lipinski definition) is 3. The van der Waals surface area contributed by atoms with Gasteiger partial charge in [0.15, 0.2) is 0 Å². The summed E-state index contributed by atoms with van der Waals surface area (Å²) in [6, 6.07) is 3.15. The average Bonchev–Trinajstić information content (AvgIpc) is 2.11. The van der Waals surface area contributed by atoms with Crippen molar-refractivity contribution in [2.75, 3.05) is 5.32 Å². The van der Waals surface area contributed by atoms with Crippen molar-refractivity contribution in [2.45, 2.75) is 40.2 Å². The molecule has 0 saturated carbocycles. The molecule has 0 unspecified atom stereocenters. The number of urea groups is 1. The molecule has 2 amide bonds. The van der Waals surface area contributed by atoms with Gasteiger partial charge < -0.3 is 15.7 Å². The molecule has 0 aromatic heterocycles. The van der Waals surface area contributed by atoms with Crippen LogP contribution in [0.15, 0.2) is 12.1 Å². The third-order valence-corrected chi connectivity index (χ3v) is 2.28. The minimum Gasteiger partial charge on any atom is -0.508 e. The number of aryl methyl sites for hydroxylation is 2. The highest BCUT2D eigenvalue weighted by Crippen LogP contribution is 2.24. The zero-order valence-electron chi connectivity index (χ0n) is 11.0. The third kappa shape index (κ3) is 3.98. The summed E-state index contributed by atoms with van der Waals surface area (Å²) in [4.78, 5) is 11.7. The second-order valence-corrected chi connectivity index (χ2v) is 5.28. The minimum absolute atomic E-state index is 0.240. The fourth-order valence-corrected chi connectivity index (χ4v) is 1.43. The van der Waals surface area contributed by atoms with E-state index in [0.717, 1.165) is 11.1 Å². The lowest BCUT2D eigenvalue weighted by Crippen LogP contribution is -2.43. The normalized spacial score (nSPS) is 11.1. The first-order valence-electron chi connectivity index (χ1n) is 5.58. The van der Waals surface area contributed by atoms with Gasteiger partial charge in [-0.3, -0.25) is 0 Å². The van der Waals surface area contributed by atoms with E-state index in [1.54, 1.807) is 19.1 Å². The predicted octanol–water partition coefficient (Wildman–Crippen LogP) is 2.93. The number of benzene rings is 1. The number of carbonyl (C=O) groups excluding carboxylic acids is 1. The number of nitrogens with one attached hydrogen (secondary N) is 2. The molecule has 0 heterocycles. The van der Waals surface area contributed by atoms with Gasteiger partial charge in [0, 0.05) is 11.2 Å². The zero-order chi connectivity index (χ0) is 13.2. The molecule has 0 bridgehead atoms. The molecular formula is C13H20N2O2. The lowest BCUT2D eigenvalue weighted by atomic mass is 10.1. The van der Waals surface area contributed by atoms with Crippen molar-refractivity contribution in [3.63, 3.8) is 0 Å². The smallest absolute Gasteiger partial charge is 0.319 e. The van der Waals surface area contributed by atoms with Crippen LogP contribution < -0.4 is 10.6 Å². The Morgan fingerprint density at radius 3 is 2.29 bits per heavy atom. The van der Waals surface area contributed by atoms with E-state index in [9.17, 15) is 9.90 Å². The van der Waals surface area contributed by atoms with E-state index in [0.29, 0.717) is 5.69 Å². The Labute approximate surface area is 102 Å². The van der Waals surface area contributed by atoms with Crippen LogP contribution in [-0.4, -0.2) is 16.7 Å². The van der Waals surface area contributed by atoms with Crippen molar-refractivity contribution >= 4 is 11.7 Å². The van der Waals surface area contributed by atoms with E-state index in [2.05, 4.69) is 10.6 Å². The average molecular weight is 236 g/mol. The van der Waals surface area contributed by atoms with Crippen LogP contribution in [0.1, 0.15) is 31.9 Å². The fraction of sp³-hybridized carbons (Fsp3) is 0.462. The van der Waals surface area contributed by atoms with Gasteiger partial charge in [0.25, 0.3) is 0 Å². The van der Waals surface area contributed by atoms with Gasteiger partial charge >= 0.3 is 6.03 Å². The number of hydrogen-bond acceptors (Lipinski definition) is 2. The second-order valence-electron chi connectivity index (χ2n) is 5.28. The Morgan fingerprint density at radius 2 is 1.76 bits per heavy atom. The number of anilines is 1. The molecule has 0 aliphatic carbocycles. The molecule has 4 heteroatoms. The molecule has 0 radical (unpaired) electrons. The number of phenols is 1. The van der Waals surface area contributed by atoms with Crippen molar-refractivity contribution in [1.29, 1.82) is 0 Å². The van der Waals surface area contributed by atoms with E-state index in [1.807, 2.05) is 27.7 Å². The summed E-state index contributed by atoms with van der Waals surface area (Å²) in [5.74, 6) is 0.240. The van der Waals surface area contributed by atoms with Crippen molar-refractivity contribution < 1.29 is 9.90 Å². The summed E-state index contributed by atoms with van der Waals surface area (Å²) >= 11 is 0. The first-order chi connectivity index (χ1) is 7.69. The molecular weight excluding hydrogens is 216 g/mol. The molecule has 0 spiro atoms. The standard InChI is InChI=1S/C13H20N2O2/c1-8-7-11(16)9(2)6-10(8)14-12(17)15-13(3,4)5/h6-7,16H,1-5H3,(H2,14,15,17). The molecule has 0 saturated heterocycles. The molecule has 94 valence electrons. The van der Waals surface area contributed by atoms with Crippen molar-refractivity contribution in [3.05, 3.63) is 23.3 Å². The molecule has 1 aromatic rings. The maximum absolute atomic E-state index is 11.7. The van der Waals surface area contributed by atoms with Crippen LogP contribution in [0.3, 0.4) is 0 Å². The molecule has 0 fully saturated rings. The van der Waals surface area contributed by atoms with Crippen molar-refractivity contribution in [3.8, 4) is 5.75 Å². The van der Waals surface area contributed by atoms with Gasteiger partial charge in [-0.15, -0.1) is 0 Å². The highest BCUT2D eigenvalue weighted by Gasteiger charge is 2.14. The van der Waals surface area contributed by atoms with Crippen LogP contribution >= 0.6 is 0 Å². The topological polar surface area (TPSA) is 61.4 Å². The van der Waals surface area contributed by atoms with Gasteiger partial charge in [-0.05, 0) is 57.9 Å². The largest absolute Gasteiger partial charge is 0.508 e. The maximum atomic E-state index is 11.7. The lowest BCUT2D eigenvalue weighted by molar-refractivity contribution is 0.244. The van der Waals surface area contributed by atoms with E-state index in [4.69, 9.17) is 0 Å². The molecule has 4 nitrogen and oxygen atoms in total. The molecule has 0 aliphatic rings. The van der Waals surface area contributed by atoms with Crippen molar-refractivity contribution in [1.82, 2.24) is 5.32 Å². The first kappa shape index (κ1) is 13.4. The molecule has 0 atom stereocenters. The molecule has 1 aromatic carbocycles. The Morgan fingerprint density at radius 1 is 1.18 bits per heavy atom. The minimum atomic E-state index is -0.274. The maximum Gasteiger partial charge on any atom is 0.319 e. The lowest BCUT2D eigenvalue weighted by Gasteiger charge is -2.21. The quantitative estimate of drug-likeness (QED) is 0.656. The van der Waals surface area contributed by atoms with Gasteiger partial charge in [0.2, 0.25) is 0 Å². The van der Waals surface area contributed by atoms with Gasteiger partial charge in [0.1, 0.15) is 5.75 Å². The van der Waals surface area contributed by atoms with E-state index < -0.39 is 0 Å². The summed E-state index contributed by atoms with van der Waals surface area (Å²) in [6.07, 6.45) is 0. The van der Waals surface area contributed by atoms with Crippen molar-refractivity contribution in [2.24, 2.45) is 0 Å². The number of amides is 2. The Hall–Kier alpha value is -1.71. The second kappa shape index (κ2) is 4.65.